The van der Waals surface area contributed by atoms with Crippen LogP contribution in [0, 0.1) is 6.92 Å². The van der Waals surface area contributed by atoms with Crippen molar-refractivity contribution in [3.05, 3.63) is 65.5 Å². The minimum atomic E-state index is -0.205. The number of hydrogen-bond acceptors (Lipinski definition) is 5. The van der Waals surface area contributed by atoms with Gasteiger partial charge in [0.2, 0.25) is 5.88 Å². The van der Waals surface area contributed by atoms with Gasteiger partial charge in [0, 0.05) is 17.8 Å². The first-order chi connectivity index (χ1) is 12.7. The average molecular weight is 350 g/mol. The van der Waals surface area contributed by atoms with Crippen LogP contribution in [0.3, 0.4) is 0 Å². The number of aliphatic imine (C=N–C) groups is 1. The molecular weight excluding hydrogens is 328 g/mol. The SMILES string of the molecule is COc1cc(C)c(N/C2=C\C(=O)NC=NC(c3ccccc3)CC2)cn1. The third-order valence-corrected chi connectivity index (χ3v) is 4.23. The standard InChI is InChI=1S/C20H22N4O2/c1-14-10-20(26-2)21-12-18(14)24-16-8-9-17(15-6-4-3-5-7-15)22-13-23-19(25)11-16/h3-7,10-13,17,24H,8-9H2,1-2H3,(H,22,23,25)/b16-11-. The molecule has 2 aromatic rings. The Morgan fingerprint density at radius 1 is 1.27 bits per heavy atom. The van der Waals surface area contributed by atoms with E-state index in [1.807, 2.05) is 31.2 Å². The van der Waals surface area contributed by atoms with Crippen LogP contribution in [-0.2, 0) is 4.79 Å². The van der Waals surface area contributed by atoms with Gasteiger partial charge in [-0.2, -0.15) is 0 Å². The summed E-state index contributed by atoms with van der Waals surface area (Å²) in [6.07, 6.45) is 6.25. The lowest BCUT2D eigenvalue weighted by Gasteiger charge is -2.16. The predicted molar refractivity (Wildman–Crippen MR) is 102 cm³/mol. The number of methoxy groups -OCH3 is 1. The van der Waals surface area contributed by atoms with E-state index in [0.717, 1.165) is 28.9 Å². The molecule has 0 fully saturated rings. The van der Waals surface area contributed by atoms with Crippen LogP contribution in [0.15, 0.2) is 59.4 Å². The second-order valence-corrected chi connectivity index (χ2v) is 6.09. The predicted octanol–water partition coefficient (Wildman–Crippen LogP) is 3.37. The lowest BCUT2D eigenvalue weighted by atomic mass is 10.0. The molecule has 6 nitrogen and oxygen atoms in total. The van der Waals surface area contributed by atoms with E-state index in [0.29, 0.717) is 12.3 Å². The fraction of sp³-hybridized carbons (Fsp3) is 0.250. The third kappa shape index (κ3) is 4.47. The molecule has 1 unspecified atom stereocenters. The number of allylic oxidation sites excluding steroid dienone is 1. The molecule has 2 heterocycles. The summed E-state index contributed by atoms with van der Waals surface area (Å²) in [5.41, 5.74) is 3.79. The Balaban J connectivity index is 1.79. The fourth-order valence-electron chi connectivity index (χ4n) is 2.80. The van der Waals surface area contributed by atoms with Crippen molar-refractivity contribution < 1.29 is 9.53 Å². The number of rotatable bonds is 4. The molecule has 1 aliphatic rings. The molecule has 1 aliphatic heterocycles. The van der Waals surface area contributed by atoms with E-state index in [1.165, 1.54) is 6.34 Å². The molecule has 26 heavy (non-hydrogen) atoms. The highest BCUT2D eigenvalue weighted by Crippen LogP contribution is 2.26. The highest BCUT2D eigenvalue weighted by molar-refractivity contribution is 5.96. The molecule has 1 aromatic carbocycles. The van der Waals surface area contributed by atoms with Gasteiger partial charge in [0.15, 0.2) is 0 Å². The smallest absolute Gasteiger partial charge is 0.250 e. The normalized spacial score (nSPS) is 19.4. The Morgan fingerprint density at radius 3 is 2.81 bits per heavy atom. The fourth-order valence-corrected chi connectivity index (χ4v) is 2.80. The van der Waals surface area contributed by atoms with Gasteiger partial charge >= 0.3 is 0 Å². The maximum Gasteiger partial charge on any atom is 0.250 e. The molecule has 0 saturated heterocycles. The zero-order valence-electron chi connectivity index (χ0n) is 14.9. The van der Waals surface area contributed by atoms with E-state index < -0.39 is 0 Å². The van der Waals surface area contributed by atoms with Gasteiger partial charge in [-0.15, -0.1) is 0 Å². The molecule has 134 valence electrons. The molecule has 1 aromatic heterocycles. The van der Waals surface area contributed by atoms with E-state index in [-0.39, 0.29) is 11.9 Å². The van der Waals surface area contributed by atoms with Crippen molar-refractivity contribution >= 4 is 17.9 Å². The number of amides is 1. The third-order valence-electron chi connectivity index (χ3n) is 4.23. The van der Waals surface area contributed by atoms with Gasteiger partial charge in [-0.1, -0.05) is 30.3 Å². The maximum absolute atomic E-state index is 12.1. The summed E-state index contributed by atoms with van der Waals surface area (Å²) in [6, 6.07) is 11.9. The van der Waals surface area contributed by atoms with Crippen molar-refractivity contribution in [3.63, 3.8) is 0 Å². The van der Waals surface area contributed by atoms with Crippen molar-refractivity contribution in [2.75, 3.05) is 12.4 Å². The van der Waals surface area contributed by atoms with Gasteiger partial charge in [-0.05, 0) is 30.9 Å². The first kappa shape index (κ1) is 17.7. The van der Waals surface area contributed by atoms with Crippen LogP contribution in [0.5, 0.6) is 5.88 Å². The van der Waals surface area contributed by atoms with Crippen LogP contribution in [0.2, 0.25) is 0 Å². The molecule has 1 atom stereocenters. The Kier molecular flexibility index (Phi) is 5.63. The molecular formula is C20H22N4O2. The molecule has 0 bridgehead atoms. The van der Waals surface area contributed by atoms with Gasteiger partial charge in [0.05, 0.1) is 31.4 Å². The summed E-state index contributed by atoms with van der Waals surface area (Å²) in [5, 5.41) is 6.02. The highest BCUT2D eigenvalue weighted by Gasteiger charge is 2.14. The van der Waals surface area contributed by atoms with Crippen molar-refractivity contribution in [3.8, 4) is 5.88 Å². The molecule has 0 aliphatic carbocycles. The molecule has 0 spiro atoms. The number of aromatic nitrogens is 1. The zero-order chi connectivity index (χ0) is 18.4. The minimum Gasteiger partial charge on any atom is -0.481 e. The van der Waals surface area contributed by atoms with Gasteiger partial charge in [0.25, 0.3) is 5.91 Å². The van der Waals surface area contributed by atoms with Crippen LogP contribution in [-0.4, -0.2) is 24.3 Å². The van der Waals surface area contributed by atoms with Gasteiger partial charge in [-0.3, -0.25) is 9.79 Å². The van der Waals surface area contributed by atoms with Crippen molar-refractivity contribution in [1.82, 2.24) is 10.3 Å². The topological polar surface area (TPSA) is 75.6 Å². The second kappa shape index (κ2) is 8.29. The number of carbonyl (C=O) groups excluding carboxylic acids is 1. The maximum atomic E-state index is 12.1. The molecule has 1 amide bonds. The quantitative estimate of drug-likeness (QED) is 0.886. The summed E-state index contributed by atoms with van der Waals surface area (Å²) in [6.45, 7) is 1.97. The summed E-state index contributed by atoms with van der Waals surface area (Å²) in [4.78, 5) is 20.8. The van der Waals surface area contributed by atoms with E-state index in [2.05, 4.69) is 32.7 Å². The molecule has 2 N–H and O–H groups in total. The number of aryl methyl sites for hydroxylation is 1. The van der Waals surface area contributed by atoms with Crippen LogP contribution in [0.1, 0.15) is 30.0 Å². The molecule has 6 heteroatoms. The van der Waals surface area contributed by atoms with Crippen LogP contribution in [0.25, 0.3) is 0 Å². The summed E-state index contributed by atoms with van der Waals surface area (Å²) < 4.78 is 5.14. The van der Waals surface area contributed by atoms with E-state index >= 15 is 0 Å². The highest BCUT2D eigenvalue weighted by atomic mass is 16.5. The molecule has 0 radical (unpaired) electrons. The van der Waals surface area contributed by atoms with Crippen LogP contribution in [0.4, 0.5) is 5.69 Å². The van der Waals surface area contributed by atoms with Gasteiger partial charge in [0.1, 0.15) is 0 Å². The monoisotopic (exact) mass is 350 g/mol. The number of benzene rings is 1. The molecule has 3 rings (SSSR count). The Morgan fingerprint density at radius 2 is 2.08 bits per heavy atom. The number of hydrogen-bond donors (Lipinski definition) is 2. The second-order valence-electron chi connectivity index (χ2n) is 6.09. The zero-order valence-corrected chi connectivity index (χ0v) is 14.9. The minimum absolute atomic E-state index is 0.00473. The molecule has 0 saturated carbocycles. The summed E-state index contributed by atoms with van der Waals surface area (Å²) in [7, 11) is 1.59. The van der Waals surface area contributed by atoms with Gasteiger partial charge < -0.3 is 15.4 Å². The summed E-state index contributed by atoms with van der Waals surface area (Å²) in [5.74, 6) is 0.357. The Hall–Kier alpha value is -3.15. The summed E-state index contributed by atoms with van der Waals surface area (Å²) >= 11 is 0. The van der Waals surface area contributed by atoms with E-state index in [1.54, 1.807) is 19.4 Å². The van der Waals surface area contributed by atoms with Crippen LogP contribution >= 0.6 is 0 Å². The number of pyridine rings is 1. The average Bonchev–Trinajstić information content (AvgIpc) is 2.74. The van der Waals surface area contributed by atoms with E-state index in [4.69, 9.17) is 4.74 Å². The first-order valence-corrected chi connectivity index (χ1v) is 8.51. The van der Waals surface area contributed by atoms with Crippen molar-refractivity contribution in [2.45, 2.75) is 25.8 Å². The first-order valence-electron chi connectivity index (χ1n) is 8.51. The number of anilines is 1. The largest absolute Gasteiger partial charge is 0.481 e. The van der Waals surface area contributed by atoms with E-state index in [9.17, 15) is 4.79 Å². The van der Waals surface area contributed by atoms with Crippen molar-refractivity contribution in [1.29, 1.82) is 0 Å². The Bertz CT molecular complexity index is 831. The number of nitrogens with zero attached hydrogens (tertiary/aromatic N) is 2. The lowest BCUT2D eigenvalue weighted by Crippen LogP contribution is -2.20. The lowest BCUT2D eigenvalue weighted by molar-refractivity contribution is -0.115. The Labute approximate surface area is 153 Å². The van der Waals surface area contributed by atoms with Gasteiger partial charge in [-0.25, -0.2) is 4.98 Å². The number of ether oxygens (including phenoxy) is 1. The van der Waals surface area contributed by atoms with Crippen molar-refractivity contribution in [2.24, 2.45) is 4.99 Å². The number of nitrogens with one attached hydrogen (secondary N) is 2. The number of carbonyl (C=O) groups is 1. The van der Waals surface area contributed by atoms with Crippen LogP contribution < -0.4 is 15.4 Å².